The number of carbonyl (C=O) groups is 1. The Morgan fingerprint density at radius 1 is 0.941 bits per heavy atom. The molecule has 0 spiro atoms. The Morgan fingerprint density at radius 2 is 1.62 bits per heavy atom. The molecule has 34 heavy (non-hydrogen) atoms. The molecule has 0 saturated carbocycles. The molecule has 2 aromatic heterocycles. The molecule has 0 aliphatic carbocycles. The van der Waals surface area contributed by atoms with E-state index in [1.54, 1.807) is 0 Å². The van der Waals surface area contributed by atoms with E-state index in [0.29, 0.717) is 11.4 Å². The highest BCUT2D eigenvalue weighted by atomic mass is 32.1. The summed E-state index contributed by atoms with van der Waals surface area (Å²) < 4.78 is 2.10. The van der Waals surface area contributed by atoms with E-state index in [4.69, 9.17) is 4.99 Å². The highest BCUT2D eigenvalue weighted by Gasteiger charge is 2.16. The maximum absolute atomic E-state index is 13.0. The molecule has 168 valence electrons. The summed E-state index contributed by atoms with van der Waals surface area (Å²) in [4.78, 5) is 18.5. The molecule has 5 rings (SSSR count). The van der Waals surface area contributed by atoms with Gasteiger partial charge in [0, 0.05) is 16.8 Å². The van der Waals surface area contributed by atoms with Crippen molar-refractivity contribution in [3.8, 4) is 16.9 Å². The average molecular weight is 466 g/mol. The number of nitrogens with one attached hydrogen (secondary N) is 2. The van der Waals surface area contributed by atoms with E-state index in [0.717, 1.165) is 33.0 Å². The Kier molecular flexibility index (Phi) is 5.93. The highest BCUT2D eigenvalue weighted by molar-refractivity contribution is 7.07. The first-order chi connectivity index (χ1) is 16.6. The zero-order valence-corrected chi connectivity index (χ0v) is 19.6. The van der Waals surface area contributed by atoms with Crippen LogP contribution in [-0.4, -0.2) is 20.7 Å². The lowest BCUT2D eigenvalue weighted by atomic mass is 10.1. The second-order valence-electron chi connectivity index (χ2n) is 8.00. The number of hydrogen-bond donors (Lipinski definition) is 2. The van der Waals surface area contributed by atoms with E-state index in [1.807, 2.05) is 61.5 Å². The van der Waals surface area contributed by atoms with Crippen LogP contribution in [0.5, 0.6) is 0 Å². The summed E-state index contributed by atoms with van der Waals surface area (Å²) in [5.41, 5.74) is 6.55. The first-order valence-electron chi connectivity index (χ1n) is 10.9. The van der Waals surface area contributed by atoms with E-state index in [1.165, 1.54) is 23.1 Å². The van der Waals surface area contributed by atoms with Crippen LogP contribution in [0, 0.1) is 13.8 Å². The number of aryl methyl sites for hydroxylation is 2. The van der Waals surface area contributed by atoms with Gasteiger partial charge in [-0.3, -0.25) is 14.5 Å². The Labute approximate surface area is 201 Å². The number of rotatable bonds is 5. The molecule has 0 radical (unpaired) electrons. The summed E-state index contributed by atoms with van der Waals surface area (Å²) in [5.74, 6) is 0.143. The lowest BCUT2D eigenvalue weighted by molar-refractivity contribution is 0.102. The third-order valence-electron chi connectivity index (χ3n) is 5.45. The molecule has 7 heteroatoms. The Bertz CT molecular complexity index is 1490. The molecular formula is C27H23N5OS. The van der Waals surface area contributed by atoms with E-state index in [-0.39, 0.29) is 5.91 Å². The number of anilines is 1. The van der Waals surface area contributed by atoms with Crippen molar-refractivity contribution in [2.75, 3.05) is 5.32 Å². The normalized spacial score (nSPS) is 11.5. The fraction of sp³-hybridized carbons (Fsp3) is 0.0741. The molecule has 0 aliphatic rings. The number of H-pyrrole nitrogens is 1. The number of carbonyl (C=O) groups excluding carboxylic acids is 1. The van der Waals surface area contributed by atoms with Crippen molar-refractivity contribution in [2.24, 2.45) is 4.99 Å². The monoisotopic (exact) mass is 465 g/mol. The van der Waals surface area contributed by atoms with Gasteiger partial charge in [-0.05, 0) is 43.7 Å². The lowest BCUT2D eigenvalue weighted by Crippen LogP contribution is -2.15. The Balaban J connectivity index is 1.57. The third kappa shape index (κ3) is 4.46. The zero-order chi connectivity index (χ0) is 23.5. The van der Waals surface area contributed by atoms with Gasteiger partial charge < -0.3 is 5.32 Å². The summed E-state index contributed by atoms with van der Waals surface area (Å²) in [7, 11) is 0. The largest absolute Gasteiger partial charge is 0.322 e. The fourth-order valence-electron chi connectivity index (χ4n) is 3.60. The minimum absolute atomic E-state index is 0.266. The minimum Gasteiger partial charge on any atom is -0.322 e. The maximum Gasteiger partial charge on any atom is 0.261 e. The summed E-state index contributed by atoms with van der Waals surface area (Å²) in [6, 6.07) is 26.1. The number of para-hydroxylation sites is 1. The zero-order valence-electron chi connectivity index (χ0n) is 18.8. The molecule has 0 saturated heterocycles. The van der Waals surface area contributed by atoms with Crippen LogP contribution in [0.3, 0.4) is 0 Å². The first kappa shape index (κ1) is 21.6. The number of thiazole rings is 1. The quantitative estimate of drug-likeness (QED) is 0.332. The summed E-state index contributed by atoms with van der Waals surface area (Å²) >= 11 is 1.51. The first-order valence-corrected chi connectivity index (χ1v) is 11.8. The van der Waals surface area contributed by atoms with Crippen molar-refractivity contribution >= 4 is 28.7 Å². The van der Waals surface area contributed by atoms with E-state index in [2.05, 4.69) is 56.7 Å². The van der Waals surface area contributed by atoms with Crippen molar-refractivity contribution in [1.29, 1.82) is 0 Å². The molecule has 2 N–H and O–H groups in total. The average Bonchev–Trinajstić information content (AvgIpc) is 3.49. The van der Waals surface area contributed by atoms with E-state index >= 15 is 0 Å². The summed E-state index contributed by atoms with van der Waals surface area (Å²) in [6.07, 6.45) is 1.50. The van der Waals surface area contributed by atoms with Crippen LogP contribution in [0.15, 0.2) is 95.4 Å². The second kappa shape index (κ2) is 9.33. The maximum atomic E-state index is 13.0. The van der Waals surface area contributed by atoms with Crippen LogP contribution in [0.1, 0.15) is 21.5 Å². The molecule has 0 atom stereocenters. The van der Waals surface area contributed by atoms with Crippen LogP contribution in [0.25, 0.3) is 16.9 Å². The van der Waals surface area contributed by atoms with Crippen LogP contribution in [0.4, 0.5) is 11.5 Å². The van der Waals surface area contributed by atoms with Crippen molar-refractivity contribution in [3.63, 3.8) is 0 Å². The molecule has 0 bridgehead atoms. The van der Waals surface area contributed by atoms with Gasteiger partial charge in [0.15, 0.2) is 10.6 Å². The molecule has 2 heterocycles. The minimum atomic E-state index is -0.266. The molecule has 6 nitrogen and oxygen atoms in total. The number of hydrogen-bond acceptors (Lipinski definition) is 4. The van der Waals surface area contributed by atoms with Crippen molar-refractivity contribution in [3.05, 3.63) is 112 Å². The third-order valence-corrected chi connectivity index (χ3v) is 6.28. The predicted octanol–water partition coefficient (Wildman–Crippen LogP) is 6.03. The van der Waals surface area contributed by atoms with Crippen molar-refractivity contribution < 1.29 is 4.79 Å². The van der Waals surface area contributed by atoms with Gasteiger partial charge in [-0.2, -0.15) is 5.10 Å². The molecule has 0 unspecified atom stereocenters. The standard InChI is InChI=1S/C27H23N5OS/c1-18-8-12-20(13-9-18)24-17-34-27(32(24)22-6-4-3-5-7-22)30-25-23(16-28-31-25)26(33)29-21-14-10-19(2)11-15-21/h3-17H,1-2H3,(H,28,31)(H,29,33). The Morgan fingerprint density at radius 3 is 2.32 bits per heavy atom. The van der Waals surface area contributed by atoms with Crippen LogP contribution in [0.2, 0.25) is 0 Å². The van der Waals surface area contributed by atoms with E-state index < -0.39 is 0 Å². The Hall–Kier alpha value is -4.23. The molecule has 1 amide bonds. The van der Waals surface area contributed by atoms with Gasteiger partial charge in [0.2, 0.25) is 0 Å². The molecule has 0 aliphatic heterocycles. The van der Waals surface area contributed by atoms with Gasteiger partial charge in [0.1, 0.15) is 5.56 Å². The lowest BCUT2D eigenvalue weighted by Gasteiger charge is -2.09. The van der Waals surface area contributed by atoms with Gasteiger partial charge in [0.25, 0.3) is 5.91 Å². The predicted molar refractivity (Wildman–Crippen MR) is 137 cm³/mol. The van der Waals surface area contributed by atoms with Crippen LogP contribution >= 0.6 is 11.3 Å². The molecule has 5 aromatic rings. The number of benzene rings is 3. The summed E-state index contributed by atoms with van der Waals surface area (Å²) in [5, 5.41) is 12.0. The number of nitrogens with zero attached hydrogens (tertiary/aromatic N) is 3. The van der Waals surface area contributed by atoms with Crippen LogP contribution < -0.4 is 10.1 Å². The highest BCUT2D eigenvalue weighted by Crippen LogP contribution is 2.25. The van der Waals surface area contributed by atoms with Crippen molar-refractivity contribution in [1.82, 2.24) is 14.8 Å². The molecule has 0 fully saturated rings. The smallest absolute Gasteiger partial charge is 0.261 e. The molecular weight excluding hydrogens is 442 g/mol. The number of amides is 1. The molecule has 3 aromatic carbocycles. The summed E-state index contributed by atoms with van der Waals surface area (Å²) in [6.45, 7) is 4.08. The van der Waals surface area contributed by atoms with Gasteiger partial charge >= 0.3 is 0 Å². The van der Waals surface area contributed by atoms with Crippen molar-refractivity contribution in [2.45, 2.75) is 13.8 Å². The van der Waals surface area contributed by atoms with Crippen LogP contribution in [-0.2, 0) is 0 Å². The van der Waals surface area contributed by atoms with E-state index in [9.17, 15) is 4.79 Å². The second-order valence-corrected chi connectivity index (χ2v) is 8.84. The number of aromatic amines is 1. The number of aromatic nitrogens is 3. The van der Waals surface area contributed by atoms with Gasteiger partial charge in [-0.15, -0.1) is 11.3 Å². The topological polar surface area (TPSA) is 75.1 Å². The van der Waals surface area contributed by atoms with Gasteiger partial charge in [-0.1, -0.05) is 65.7 Å². The van der Waals surface area contributed by atoms with Gasteiger partial charge in [0.05, 0.1) is 11.9 Å². The fourth-order valence-corrected chi connectivity index (χ4v) is 4.51. The SMILES string of the molecule is Cc1ccc(NC(=O)c2cn[nH]c2N=c2scc(-c3ccc(C)cc3)n2-c2ccccc2)cc1. The van der Waals surface area contributed by atoms with Gasteiger partial charge in [-0.25, -0.2) is 4.99 Å².